The van der Waals surface area contributed by atoms with Crippen LogP contribution in [0.5, 0.6) is 0 Å². The van der Waals surface area contributed by atoms with Gasteiger partial charge in [0, 0.05) is 18.9 Å². The van der Waals surface area contributed by atoms with Gasteiger partial charge in [0.05, 0.1) is 13.0 Å². The summed E-state index contributed by atoms with van der Waals surface area (Å²) in [5.74, 6) is -0.485. The van der Waals surface area contributed by atoms with E-state index in [1.165, 1.54) is 4.90 Å². The van der Waals surface area contributed by atoms with Crippen LogP contribution in [0.25, 0.3) is 11.0 Å². The van der Waals surface area contributed by atoms with Crippen LogP contribution in [0.1, 0.15) is 18.6 Å². The molecule has 100 valence electrons. The molecule has 0 saturated heterocycles. The Morgan fingerprint density at radius 3 is 2.68 bits per heavy atom. The van der Waals surface area contributed by atoms with Gasteiger partial charge in [0.1, 0.15) is 11.3 Å². The van der Waals surface area contributed by atoms with Crippen molar-refractivity contribution in [2.24, 2.45) is 0 Å². The maximum atomic E-state index is 11.7. The molecule has 0 fully saturated rings. The number of hydrogen-bond donors (Lipinski definition) is 1. The van der Waals surface area contributed by atoms with E-state index in [-0.39, 0.29) is 18.7 Å². The smallest absolute Gasteiger partial charge is 0.303 e. The molecule has 5 heteroatoms. The number of para-hydroxylation sites is 1. The van der Waals surface area contributed by atoms with E-state index in [1.54, 1.807) is 7.05 Å². The number of fused-ring (bicyclic) bond motifs is 1. The molecule has 0 radical (unpaired) electrons. The number of nitrogens with zero attached hydrogens (tertiary/aromatic N) is 1. The first-order chi connectivity index (χ1) is 9.06. The first-order valence-electron chi connectivity index (χ1n) is 5.99. The van der Waals surface area contributed by atoms with Gasteiger partial charge in [0.15, 0.2) is 0 Å². The average molecular weight is 261 g/mol. The topological polar surface area (TPSA) is 70.8 Å². The number of aliphatic carboxylic acids is 1. The standard InChI is InChI=1S/C14H15NO4/c1-15(13(16)6-7-14(17)18)9-11-8-10-4-2-3-5-12(10)19-11/h2-5,8H,6-7,9H2,1H3,(H,17,18). The van der Waals surface area contributed by atoms with E-state index in [0.717, 1.165) is 11.0 Å². The highest BCUT2D eigenvalue weighted by Crippen LogP contribution is 2.19. The van der Waals surface area contributed by atoms with Crippen molar-refractivity contribution in [3.8, 4) is 0 Å². The van der Waals surface area contributed by atoms with Gasteiger partial charge in [-0.15, -0.1) is 0 Å². The van der Waals surface area contributed by atoms with E-state index in [1.807, 2.05) is 30.3 Å². The molecule has 0 atom stereocenters. The van der Waals surface area contributed by atoms with E-state index in [4.69, 9.17) is 9.52 Å². The number of carbonyl (C=O) groups is 2. The van der Waals surface area contributed by atoms with Crippen molar-refractivity contribution in [1.29, 1.82) is 0 Å². The molecule has 2 rings (SSSR count). The highest BCUT2D eigenvalue weighted by Gasteiger charge is 2.13. The Kier molecular flexibility index (Phi) is 3.85. The first kappa shape index (κ1) is 13.1. The highest BCUT2D eigenvalue weighted by molar-refractivity contribution is 5.81. The Morgan fingerprint density at radius 1 is 1.26 bits per heavy atom. The van der Waals surface area contributed by atoms with Gasteiger partial charge in [0.2, 0.25) is 5.91 Å². The number of hydrogen-bond acceptors (Lipinski definition) is 3. The molecule has 1 heterocycles. The molecule has 0 aliphatic heterocycles. The van der Waals surface area contributed by atoms with Crippen LogP contribution in [-0.4, -0.2) is 28.9 Å². The van der Waals surface area contributed by atoms with Crippen LogP contribution >= 0.6 is 0 Å². The second kappa shape index (κ2) is 5.56. The van der Waals surface area contributed by atoms with Gasteiger partial charge in [-0.1, -0.05) is 18.2 Å². The Labute approximate surface area is 110 Å². The lowest BCUT2D eigenvalue weighted by Crippen LogP contribution is -2.26. The number of rotatable bonds is 5. The number of benzene rings is 1. The van der Waals surface area contributed by atoms with Gasteiger partial charge in [0.25, 0.3) is 0 Å². The number of furan rings is 1. The molecule has 1 aromatic heterocycles. The van der Waals surface area contributed by atoms with Crippen LogP contribution in [0.4, 0.5) is 0 Å². The highest BCUT2D eigenvalue weighted by atomic mass is 16.4. The summed E-state index contributed by atoms with van der Waals surface area (Å²) < 4.78 is 5.60. The first-order valence-corrected chi connectivity index (χ1v) is 5.99. The fourth-order valence-electron chi connectivity index (χ4n) is 1.84. The molecule has 0 saturated carbocycles. The van der Waals surface area contributed by atoms with Crippen molar-refractivity contribution in [3.05, 3.63) is 36.1 Å². The van der Waals surface area contributed by atoms with Gasteiger partial charge >= 0.3 is 5.97 Å². The number of carboxylic acids is 1. The lowest BCUT2D eigenvalue weighted by Gasteiger charge is -2.14. The number of amides is 1. The minimum absolute atomic E-state index is 0.00601. The van der Waals surface area contributed by atoms with E-state index >= 15 is 0 Å². The van der Waals surface area contributed by atoms with Crippen molar-refractivity contribution < 1.29 is 19.1 Å². The maximum Gasteiger partial charge on any atom is 0.303 e. The summed E-state index contributed by atoms with van der Waals surface area (Å²) in [5.41, 5.74) is 0.781. The summed E-state index contributed by atoms with van der Waals surface area (Å²) in [6, 6.07) is 9.50. The normalized spacial score (nSPS) is 10.6. The Balaban J connectivity index is 1.99. The summed E-state index contributed by atoms with van der Waals surface area (Å²) in [6.45, 7) is 0.340. The zero-order valence-corrected chi connectivity index (χ0v) is 10.6. The second-order valence-electron chi connectivity index (χ2n) is 4.39. The van der Waals surface area contributed by atoms with Gasteiger partial charge in [-0.05, 0) is 12.1 Å². The third-order valence-electron chi connectivity index (χ3n) is 2.85. The number of carboxylic acid groups (broad SMARTS) is 1. The van der Waals surface area contributed by atoms with Crippen molar-refractivity contribution in [1.82, 2.24) is 4.90 Å². The minimum atomic E-state index is -0.967. The maximum absolute atomic E-state index is 11.7. The third-order valence-corrected chi connectivity index (χ3v) is 2.85. The van der Waals surface area contributed by atoms with Gasteiger partial charge in [-0.3, -0.25) is 9.59 Å². The largest absolute Gasteiger partial charge is 0.481 e. The number of carbonyl (C=O) groups excluding carboxylic acids is 1. The van der Waals surface area contributed by atoms with E-state index in [2.05, 4.69) is 0 Å². The van der Waals surface area contributed by atoms with Gasteiger partial charge in [-0.2, -0.15) is 0 Å². The summed E-state index contributed by atoms with van der Waals surface area (Å²) in [7, 11) is 1.64. The van der Waals surface area contributed by atoms with E-state index in [0.29, 0.717) is 12.3 Å². The summed E-state index contributed by atoms with van der Waals surface area (Å²) in [6.07, 6.45) is -0.143. The summed E-state index contributed by atoms with van der Waals surface area (Å²) in [5, 5.41) is 9.53. The van der Waals surface area contributed by atoms with Crippen LogP contribution in [0.2, 0.25) is 0 Å². The molecule has 1 N–H and O–H groups in total. The van der Waals surface area contributed by atoms with Crippen LogP contribution in [0, 0.1) is 0 Å². The van der Waals surface area contributed by atoms with Crippen molar-refractivity contribution in [2.45, 2.75) is 19.4 Å². The zero-order chi connectivity index (χ0) is 13.8. The Morgan fingerprint density at radius 2 is 2.00 bits per heavy atom. The Bertz CT molecular complexity index is 569. The third kappa shape index (κ3) is 3.34. The minimum Gasteiger partial charge on any atom is -0.481 e. The predicted molar refractivity (Wildman–Crippen MR) is 69.6 cm³/mol. The van der Waals surface area contributed by atoms with Gasteiger partial charge in [-0.25, -0.2) is 0 Å². The lowest BCUT2D eigenvalue weighted by molar-refractivity contribution is -0.140. The quantitative estimate of drug-likeness (QED) is 0.896. The van der Waals surface area contributed by atoms with E-state index in [9.17, 15) is 9.59 Å². The average Bonchev–Trinajstić information content (AvgIpc) is 2.77. The lowest BCUT2D eigenvalue weighted by atomic mass is 10.2. The zero-order valence-electron chi connectivity index (χ0n) is 10.6. The molecule has 0 bridgehead atoms. The molecule has 0 aliphatic carbocycles. The molecular formula is C14H15NO4. The fourth-order valence-corrected chi connectivity index (χ4v) is 1.84. The summed E-state index contributed by atoms with van der Waals surface area (Å²) >= 11 is 0. The van der Waals surface area contributed by atoms with Crippen LogP contribution in [0.3, 0.4) is 0 Å². The molecule has 1 aromatic carbocycles. The SMILES string of the molecule is CN(Cc1cc2ccccc2o1)C(=O)CCC(=O)O. The molecular weight excluding hydrogens is 246 g/mol. The monoisotopic (exact) mass is 261 g/mol. The molecule has 1 amide bonds. The Hall–Kier alpha value is -2.30. The predicted octanol–water partition coefficient (Wildman–Crippen LogP) is 2.26. The fraction of sp³-hybridized carbons (Fsp3) is 0.286. The van der Waals surface area contributed by atoms with Crippen LogP contribution in [0.15, 0.2) is 34.7 Å². The molecule has 0 aliphatic rings. The van der Waals surface area contributed by atoms with Gasteiger partial charge < -0.3 is 14.4 Å². The van der Waals surface area contributed by atoms with Crippen molar-refractivity contribution in [2.75, 3.05) is 7.05 Å². The molecule has 2 aromatic rings. The molecule has 0 spiro atoms. The molecule has 19 heavy (non-hydrogen) atoms. The van der Waals surface area contributed by atoms with Crippen LogP contribution in [-0.2, 0) is 16.1 Å². The second-order valence-corrected chi connectivity index (χ2v) is 4.39. The molecule has 0 unspecified atom stereocenters. The van der Waals surface area contributed by atoms with E-state index < -0.39 is 5.97 Å². The summed E-state index contributed by atoms with van der Waals surface area (Å²) in [4.78, 5) is 23.6. The van der Waals surface area contributed by atoms with Crippen molar-refractivity contribution in [3.63, 3.8) is 0 Å². The molecule has 5 nitrogen and oxygen atoms in total. The van der Waals surface area contributed by atoms with Crippen molar-refractivity contribution >= 4 is 22.8 Å². The van der Waals surface area contributed by atoms with Crippen LogP contribution < -0.4 is 0 Å².